The molecule has 4 nitrogen and oxygen atoms in total. The monoisotopic (exact) mass is 291 g/mol. The summed E-state index contributed by atoms with van der Waals surface area (Å²) < 4.78 is 24.6. The lowest BCUT2D eigenvalue weighted by Gasteiger charge is -2.44. The molecular formula is C15H17NO3S. The lowest BCUT2D eigenvalue weighted by Crippen LogP contribution is -2.50. The van der Waals surface area contributed by atoms with Gasteiger partial charge in [0.1, 0.15) is 0 Å². The summed E-state index contributed by atoms with van der Waals surface area (Å²) in [5.74, 6) is 0. The SMILES string of the molecule is N#Cc1ccccc1C1(O)CC2CCCC(C1)S2(=O)=O. The van der Waals surface area contributed by atoms with Crippen LogP contribution in [0.25, 0.3) is 0 Å². The Bertz CT molecular complexity index is 655. The largest absolute Gasteiger partial charge is 0.385 e. The maximum absolute atomic E-state index is 12.3. The summed E-state index contributed by atoms with van der Waals surface area (Å²) in [5, 5.41) is 19.2. The van der Waals surface area contributed by atoms with Crippen molar-refractivity contribution in [3.63, 3.8) is 0 Å². The molecule has 2 atom stereocenters. The summed E-state index contributed by atoms with van der Waals surface area (Å²) in [6.07, 6.45) is 2.57. The Hall–Kier alpha value is -1.38. The van der Waals surface area contributed by atoms with E-state index in [0.717, 1.165) is 6.42 Å². The number of nitrogens with zero attached hydrogens (tertiary/aromatic N) is 1. The highest BCUT2D eigenvalue weighted by Crippen LogP contribution is 2.46. The van der Waals surface area contributed by atoms with E-state index in [1.54, 1.807) is 24.3 Å². The maximum Gasteiger partial charge on any atom is 0.156 e. The average Bonchev–Trinajstić information content (AvgIpc) is 2.41. The fourth-order valence-corrected chi connectivity index (χ4v) is 6.20. The third kappa shape index (κ3) is 1.95. The van der Waals surface area contributed by atoms with Crippen LogP contribution in [0.1, 0.15) is 43.2 Å². The second-order valence-electron chi connectivity index (χ2n) is 5.86. The normalized spacial score (nSPS) is 35.2. The fraction of sp³-hybridized carbons (Fsp3) is 0.533. The van der Waals surface area contributed by atoms with Crippen LogP contribution in [0.4, 0.5) is 0 Å². The number of hydrogen-bond donors (Lipinski definition) is 1. The molecule has 0 amide bonds. The molecule has 1 aromatic rings. The zero-order chi connectivity index (χ0) is 14.4. The summed E-state index contributed by atoms with van der Waals surface area (Å²) in [7, 11) is -3.11. The van der Waals surface area contributed by atoms with Crippen LogP contribution in [0.3, 0.4) is 0 Å². The molecule has 5 heteroatoms. The summed E-state index contributed by atoms with van der Waals surface area (Å²) in [4.78, 5) is 0. The van der Waals surface area contributed by atoms with Gasteiger partial charge in [0.05, 0.1) is 27.7 Å². The Labute approximate surface area is 119 Å². The minimum absolute atomic E-state index is 0.213. The van der Waals surface area contributed by atoms with Crippen molar-refractivity contribution in [3.05, 3.63) is 35.4 Å². The Morgan fingerprint density at radius 1 is 1.20 bits per heavy atom. The predicted molar refractivity (Wildman–Crippen MR) is 74.6 cm³/mol. The molecule has 2 saturated heterocycles. The topological polar surface area (TPSA) is 78.2 Å². The van der Waals surface area contributed by atoms with Gasteiger partial charge in [-0.3, -0.25) is 0 Å². The lowest BCUT2D eigenvalue weighted by molar-refractivity contribution is 0.00477. The van der Waals surface area contributed by atoms with Crippen LogP contribution in [-0.2, 0) is 15.4 Å². The average molecular weight is 291 g/mol. The first kappa shape index (κ1) is 13.6. The van der Waals surface area contributed by atoms with Gasteiger partial charge in [-0.1, -0.05) is 24.6 Å². The molecule has 106 valence electrons. The van der Waals surface area contributed by atoms with Crippen LogP contribution in [0.5, 0.6) is 0 Å². The zero-order valence-electron chi connectivity index (χ0n) is 11.1. The Balaban J connectivity index is 2.05. The molecular weight excluding hydrogens is 274 g/mol. The molecule has 2 unspecified atom stereocenters. The smallest absolute Gasteiger partial charge is 0.156 e. The highest BCUT2D eigenvalue weighted by molar-refractivity contribution is 7.92. The molecule has 3 rings (SSSR count). The second kappa shape index (κ2) is 4.57. The number of nitriles is 1. The first-order valence-corrected chi connectivity index (χ1v) is 8.53. The van der Waals surface area contributed by atoms with Gasteiger partial charge in [0, 0.05) is 5.56 Å². The highest BCUT2D eigenvalue weighted by Gasteiger charge is 2.51. The van der Waals surface area contributed by atoms with E-state index in [1.165, 1.54) is 0 Å². The summed E-state index contributed by atoms with van der Waals surface area (Å²) in [6.45, 7) is 0. The van der Waals surface area contributed by atoms with Gasteiger partial charge in [-0.05, 0) is 31.7 Å². The van der Waals surface area contributed by atoms with Gasteiger partial charge >= 0.3 is 0 Å². The summed E-state index contributed by atoms with van der Waals surface area (Å²) in [6, 6.07) is 9.05. The van der Waals surface area contributed by atoms with E-state index < -0.39 is 25.9 Å². The van der Waals surface area contributed by atoms with Crippen molar-refractivity contribution < 1.29 is 13.5 Å². The standard InChI is InChI=1S/C15H17NO3S/c16-10-11-4-1-2-7-14(11)15(17)8-12-5-3-6-13(9-15)20(12,18)19/h1-2,4,7,12-13,17H,3,5-6,8-9H2. The van der Waals surface area contributed by atoms with Gasteiger partial charge in [-0.15, -0.1) is 0 Å². The molecule has 0 saturated carbocycles. The number of rotatable bonds is 1. The molecule has 1 aromatic carbocycles. The van der Waals surface area contributed by atoms with Gasteiger partial charge in [-0.2, -0.15) is 5.26 Å². The van der Waals surface area contributed by atoms with Crippen LogP contribution in [0.15, 0.2) is 24.3 Å². The molecule has 2 heterocycles. The number of aliphatic hydroxyl groups is 1. The number of sulfone groups is 1. The molecule has 2 aliphatic heterocycles. The van der Waals surface area contributed by atoms with E-state index >= 15 is 0 Å². The molecule has 0 aromatic heterocycles. The predicted octanol–water partition coefficient (Wildman–Crippen LogP) is 1.88. The number of benzene rings is 1. The van der Waals surface area contributed by atoms with E-state index in [-0.39, 0.29) is 12.8 Å². The van der Waals surface area contributed by atoms with Crippen molar-refractivity contribution in [1.82, 2.24) is 0 Å². The molecule has 20 heavy (non-hydrogen) atoms. The molecule has 2 bridgehead atoms. The van der Waals surface area contributed by atoms with E-state index in [9.17, 15) is 18.8 Å². The van der Waals surface area contributed by atoms with E-state index in [0.29, 0.717) is 24.0 Å². The molecule has 2 aliphatic rings. The van der Waals surface area contributed by atoms with Gasteiger partial charge < -0.3 is 5.11 Å². The second-order valence-corrected chi connectivity index (χ2v) is 8.37. The van der Waals surface area contributed by atoms with Crippen molar-refractivity contribution in [2.45, 2.75) is 48.2 Å². The maximum atomic E-state index is 12.3. The Kier molecular flexibility index (Phi) is 3.11. The zero-order valence-corrected chi connectivity index (χ0v) is 11.9. The Morgan fingerprint density at radius 2 is 1.80 bits per heavy atom. The van der Waals surface area contributed by atoms with Gasteiger partial charge in [0.2, 0.25) is 0 Å². The minimum atomic E-state index is -3.11. The van der Waals surface area contributed by atoms with Gasteiger partial charge in [0.25, 0.3) is 0 Å². The van der Waals surface area contributed by atoms with Crippen LogP contribution in [-0.4, -0.2) is 24.0 Å². The first-order chi connectivity index (χ1) is 9.47. The van der Waals surface area contributed by atoms with Crippen molar-refractivity contribution in [1.29, 1.82) is 5.26 Å². The number of hydrogen-bond acceptors (Lipinski definition) is 4. The molecule has 1 N–H and O–H groups in total. The molecule has 0 radical (unpaired) electrons. The van der Waals surface area contributed by atoms with Gasteiger partial charge in [-0.25, -0.2) is 8.42 Å². The van der Waals surface area contributed by atoms with Crippen molar-refractivity contribution in [2.75, 3.05) is 0 Å². The molecule has 0 spiro atoms. The summed E-state index contributed by atoms with van der Waals surface area (Å²) in [5.41, 5.74) is -0.172. The van der Waals surface area contributed by atoms with Crippen molar-refractivity contribution in [3.8, 4) is 6.07 Å². The Morgan fingerprint density at radius 3 is 2.40 bits per heavy atom. The lowest BCUT2D eigenvalue weighted by atomic mass is 9.79. The van der Waals surface area contributed by atoms with Crippen LogP contribution in [0.2, 0.25) is 0 Å². The van der Waals surface area contributed by atoms with Crippen molar-refractivity contribution >= 4 is 9.84 Å². The molecule has 0 aliphatic carbocycles. The quantitative estimate of drug-likeness (QED) is 0.857. The highest BCUT2D eigenvalue weighted by atomic mass is 32.2. The van der Waals surface area contributed by atoms with Crippen LogP contribution < -0.4 is 0 Å². The summed E-state index contributed by atoms with van der Waals surface area (Å²) >= 11 is 0. The first-order valence-electron chi connectivity index (χ1n) is 6.92. The minimum Gasteiger partial charge on any atom is -0.385 e. The third-order valence-corrected chi connectivity index (χ3v) is 7.32. The fourth-order valence-electron chi connectivity index (χ4n) is 3.65. The number of fused-ring (bicyclic) bond motifs is 2. The van der Waals surface area contributed by atoms with E-state index in [1.807, 2.05) is 0 Å². The van der Waals surface area contributed by atoms with Crippen molar-refractivity contribution in [2.24, 2.45) is 0 Å². The van der Waals surface area contributed by atoms with Crippen LogP contribution in [0, 0.1) is 11.3 Å². The van der Waals surface area contributed by atoms with Gasteiger partial charge in [0.15, 0.2) is 9.84 Å². The van der Waals surface area contributed by atoms with Crippen LogP contribution >= 0.6 is 0 Å². The van der Waals surface area contributed by atoms with E-state index in [4.69, 9.17) is 0 Å². The molecule has 2 fully saturated rings. The van der Waals surface area contributed by atoms with E-state index in [2.05, 4.69) is 6.07 Å². The third-order valence-electron chi connectivity index (χ3n) is 4.66.